The number of benzene rings is 1. The minimum Gasteiger partial charge on any atom is -0.363 e. The fourth-order valence-electron chi connectivity index (χ4n) is 3.26. The van der Waals surface area contributed by atoms with Crippen molar-refractivity contribution in [1.82, 2.24) is 14.9 Å². The zero-order valence-electron chi connectivity index (χ0n) is 16.7. The van der Waals surface area contributed by atoms with Crippen molar-refractivity contribution in [3.05, 3.63) is 47.3 Å². The zero-order chi connectivity index (χ0) is 21.2. The quantitative estimate of drug-likeness (QED) is 0.780. The normalized spacial score (nSPS) is 14.8. The van der Waals surface area contributed by atoms with Crippen LogP contribution < -0.4 is 9.80 Å². The largest absolute Gasteiger partial charge is 0.416 e. The van der Waals surface area contributed by atoms with Gasteiger partial charge in [0.25, 0.3) is 0 Å². The second-order valence-corrected chi connectivity index (χ2v) is 7.27. The number of piperazine rings is 1. The fourth-order valence-corrected chi connectivity index (χ4v) is 3.26. The van der Waals surface area contributed by atoms with Crippen LogP contribution in [0.1, 0.15) is 17.0 Å². The molecule has 1 aromatic carbocycles. The second kappa shape index (κ2) is 8.26. The van der Waals surface area contributed by atoms with Crippen LogP contribution in [0.3, 0.4) is 0 Å². The number of rotatable bonds is 4. The average molecular weight is 407 g/mol. The van der Waals surface area contributed by atoms with Crippen LogP contribution in [0.25, 0.3) is 0 Å². The third-order valence-electron chi connectivity index (χ3n) is 4.84. The smallest absolute Gasteiger partial charge is 0.363 e. The maximum atomic E-state index is 12.9. The van der Waals surface area contributed by atoms with Gasteiger partial charge in [-0.2, -0.15) is 13.2 Å². The Morgan fingerprint density at radius 2 is 1.79 bits per heavy atom. The Morgan fingerprint density at radius 3 is 2.41 bits per heavy atom. The molecule has 1 saturated heterocycles. The second-order valence-electron chi connectivity index (χ2n) is 7.27. The van der Waals surface area contributed by atoms with Gasteiger partial charge in [0, 0.05) is 46.3 Å². The maximum absolute atomic E-state index is 12.9. The summed E-state index contributed by atoms with van der Waals surface area (Å²) in [7, 11) is 3.83. The van der Waals surface area contributed by atoms with Crippen LogP contribution in [0.5, 0.6) is 0 Å². The predicted octanol–water partition coefficient (Wildman–Crippen LogP) is 2.76. The molecular formula is C20H24F3N5O. The van der Waals surface area contributed by atoms with E-state index in [0.29, 0.717) is 37.6 Å². The first-order valence-corrected chi connectivity index (χ1v) is 9.35. The van der Waals surface area contributed by atoms with Crippen molar-refractivity contribution in [2.45, 2.75) is 19.5 Å². The summed E-state index contributed by atoms with van der Waals surface area (Å²) in [6.07, 6.45) is -4.45. The van der Waals surface area contributed by atoms with E-state index in [4.69, 9.17) is 0 Å². The van der Waals surface area contributed by atoms with E-state index in [-0.39, 0.29) is 12.3 Å². The van der Waals surface area contributed by atoms with Crippen LogP contribution in [0.15, 0.2) is 30.3 Å². The van der Waals surface area contributed by atoms with Gasteiger partial charge in [-0.25, -0.2) is 9.97 Å². The van der Waals surface area contributed by atoms with Crippen LogP contribution in [0.2, 0.25) is 0 Å². The molecule has 29 heavy (non-hydrogen) atoms. The monoisotopic (exact) mass is 407 g/mol. The van der Waals surface area contributed by atoms with E-state index in [9.17, 15) is 18.0 Å². The molecule has 1 aliphatic rings. The van der Waals surface area contributed by atoms with Crippen LogP contribution in [0, 0.1) is 6.92 Å². The molecule has 1 aromatic heterocycles. The van der Waals surface area contributed by atoms with E-state index in [1.54, 1.807) is 11.0 Å². The van der Waals surface area contributed by atoms with Crippen molar-refractivity contribution in [1.29, 1.82) is 0 Å². The highest BCUT2D eigenvalue weighted by Gasteiger charge is 2.30. The third kappa shape index (κ3) is 5.16. The minimum absolute atomic E-state index is 0.0404. The number of hydrogen-bond acceptors (Lipinski definition) is 5. The molecular weight excluding hydrogens is 383 g/mol. The van der Waals surface area contributed by atoms with E-state index in [1.807, 2.05) is 32.0 Å². The lowest BCUT2D eigenvalue weighted by Gasteiger charge is -2.35. The van der Waals surface area contributed by atoms with E-state index in [0.717, 1.165) is 23.8 Å². The van der Waals surface area contributed by atoms with Gasteiger partial charge in [0.05, 0.1) is 12.0 Å². The molecule has 0 unspecified atom stereocenters. The molecule has 156 valence electrons. The first-order chi connectivity index (χ1) is 13.6. The zero-order valence-corrected chi connectivity index (χ0v) is 16.7. The number of carbonyl (C=O) groups excluding carboxylic acids is 1. The van der Waals surface area contributed by atoms with Gasteiger partial charge in [-0.05, 0) is 18.6 Å². The highest BCUT2D eigenvalue weighted by molar-refractivity contribution is 5.79. The molecule has 2 heterocycles. The standard InChI is InChI=1S/C20H24F3N5O/c1-14-24-17(26(2)3)13-18(25-14)27-7-9-28(10-8-27)19(29)12-15-5-4-6-16(11-15)20(21,22)23/h4-6,11,13H,7-10,12H2,1-3H3. The highest BCUT2D eigenvalue weighted by Crippen LogP contribution is 2.29. The summed E-state index contributed by atoms with van der Waals surface area (Å²) in [5, 5.41) is 0. The van der Waals surface area contributed by atoms with Crippen LogP contribution in [0.4, 0.5) is 24.8 Å². The van der Waals surface area contributed by atoms with E-state index < -0.39 is 11.7 Å². The molecule has 0 bridgehead atoms. The molecule has 1 amide bonds. The number of hydrogen-bond donors (Lipinski definition) is 0. The highest BCUT2D eigenvalue weighted by atomic mass is 19.4. The molecule has 0 aliphatic carbocycles. The average Bonchev–Trinajstić information content (AvgIpc) is 2.67. The fraction of sp³-hybridized carbons (Fsp3) is 0.450. The summed E-state index contributed by atoms with van der Waals surface area (Å²) in [5.41, 5.74) is -0.363. The van der Waals surface area contributed by atoms with Crippen molar-refractivity contribution < 1.29 is 18.0 Å². The molecule has 1 fully saturated rings. The Labute approximate surface area is 168 Å². The van der Waals surface area contributed by atoms with Crippen LogP contribution in [-0.4, -0.2) is 61.0 Å². The van der Waals surface area contributed by atoms with Gasteiger partial charge < -0.3 is 14.7 Å². The molecule has 3 rings (SSSR count). The molecule has 0 saturated carbocycles. The number of halogens is 3. The molecule has 1 aliphatic heterocycles. The molecule has 0 atom stereocenters. The predicted molar refractivity (Wildman–Crippen MR) is 105 cm³/mol. The maximum Gasteiger partial charge on any atom is 0.416 e. The molecule has 0 radical (unpaired) electrons. The Balaban J connectivity index is 1.62. The Morgan fingerprint density at radius 1 is 1.10 bits per heavy atom. The molecule has 9 heteroatoms. The van der Waals surface area contributed by atoms with Gasteiger partial charge in [0.2, 0.25) is 5.91 Å². The van der Waals surface area contributed by atoms with Crippen molar-refractivity contribution >= 4 is 17.5 Å². The lowest BCUT2D eigenvalue weighted by molar-refractivity contribution is -0.138. The summed E-state index contributed by atoms with van der Waals surface area (Å²) in [5.74, 6) is 2.13. The Hall–Kier alpha value is -2.84. The molecule has 6 nitrogen and oxygen atoms in total. The number of aromatic nitrogens is 2. The topological polar surface area (TPSA) is 52.6 Å². The minimum atomic E-state index is -4.41. The summed E-state index contributed by atoms with van der Waals surface area (Å²) >= 11 is 0. The molecule has 0 N–H and O–H groups in total. The first kappa shape index (κ1) is 20.9. The van der Waals surface area contributed by atoms with Gasteiger partial charge in [-0.1, -0.05) is 18.2 Å². The molecule has 0 spiro atoms. The van der Waals surface area contributed by atoms with Crippen LogP contribution >= 0.6 is 0 Å². The summed E-state index contributed by atoms with van der Waals surface area (Å²) < 4.78 is 38.6. The van der Waals surface area contributed by atoms with Crippen molar-refractivity contribution in [3.63, 3.8) is 0 Å². The summed E-state index contributed by atoms with van der Waals surface area (Å²) in [6, 6.07) is 6.85. The van der Waals surface area contributed by atoms with E-state index in [1.165, 1.54) is 6.07 Å². The number of anilines is 2. The van der Waals surface area contributed by atoms with Crippen LogP contribution in [-0.2, 0) is 17.4 Å². The number of nitrogens with zero attached hydrogens (tertiary/aromatic N) is 5. The SMILES string of the molecule is Cc1nc(N(C)C)cc(N2CCN(C(=O)Cc3cccc(C(F)(F)F)c3)CC2)n1. The lowest BCUT2D eigenvalue weighted by atomic mass is 10.1. The van der Waals surface area contributed by atoms with Gasteiger partial charge in [-0.15, -0.1) is 0 Å². The Bertz CT molecular complexity index is 877. The number of aryl methyl sites for hydroxylation is 1. The summed E-state index contributed by atoms with van der Waals surface area (Å²) in [4.78, 5) is 27.1. The summed E-state index contributed by atoms with van der Waals surface area (Å²) in [6.45, 7) is 4.05. The Kier molecular flexibility index (Phi) is 5.95. The molecule has 2 aromatic rings. The lowest BCUT2D eigenvalue weighted by Crippen LogP contribution is -2.49. The third-order valence-corrected chi connectivity index (χ3v) is 4.84. The van der Waals surface area contributed by atoms with Crippen molar-refractivity contribution in [2.75, 3.05) is 50.1 Å². The number of alkyl halides is 3. The van der Waals surface area contributed by atoms with Gasteiger partial charge in [0.15, 0.2) is 0 Å². The van der Waals surface area contributed by atoms with Crippen molar-refractivity contribution in [2.24, 2.45) is 0 Å². The first-order valence-electron chi connectivity index (χ1n) is 9.35. The van der Waals surface area contributed by atoms with E-state index in [2.05, 4.69) is 14.9 Å². The number of amides is 1. The van der Waals surface area contributed by atoms with E-state index >= 15 is 0 Å². The van der Waals surface area contributed by atoms with Gasteiger partial charge >= 0.3 is 6.18 Å². The van der Waals surface area contributed by atoms with Gasteiger partial charge in [0.1, 0.15) is 17.5 Å². The number of carbonyl (C=O) groups is 1. The van der Waals surface area contributed by atoms with Gasteiger partial charge in [-0.3, -0.25) is 4.79 Å². The van der Waals surface area contributed by atoms with Crippen molar-refractivity contribution in [3.8, 4) is 0 Å².